The van der Waals surface area contributed by atoms with Gasteiger partial charge in [0.05, 0.1) is 0 Å². The van der Waals surface area contributed by atoms with Crippen LogP contribution in [-0.4, -0.2) is 37.2 Å². The normalized spacial score (nSPS) is 12.2. The molecule has 0 aliphatic rings. The van der Waals surface area contributed by atoms with Gasteiger partial charge in [0.25, 0.3) is 0 Å². The second-order valence-corrected chi connectivity index (χ2v) is 18.5. The van der Waals surface area contributed by atoms with Gasteiger partial charge in [-0.25, -0.2) is 0 Å². The Morgan fingerprint density at radius 2 is 0.619 bits per heavy atom. The highest BCUT2D eigenvalue weighted by Crippen LogP contribution is 2.17. The number of allylic oxidation sites excluding steroid dienone is 6. The molecule has 1 atom stereocenters. The van der Waals surface area contributed by atoms with Crippen molar-refractivity contribution >= 4 is 17.9 Å². The summed E-state index contributed by atoms with van der Waals surface area (Å²) in [5.41, 5.74) is 0. The van der Waals surface area contributed by atoms with Crippen LogP contribution in [0.4, 0.5) is 0 Å². The molecule has 0 fully saturated rings. The first kappa shape index (κ1) is 60.6. The molecule has 0 radical (unpaired) electrons. The van der Waals surface area contributed by atoms with Crippen molar-refractivity contribution in [3.63, 3.8) is 0 Å². The molecule has 1 unspecified atom stereocenters. The minimum Gasteiger partial charge on any atom is -0.462 e. The van der Waals surface area contributed by atoms with Crippen LogP contribution >= 0.6 is 0 Å². The highest BCUT2D eigenvalue weighted by molar-refractivity contribution is 5.71. The lowest BCUT2D eigenvalue weighted by Crippen LogP contribution is -2.30. The van der Waals surface area contributed by atoms with Gasteiger partial charge in [-0.05, 0) is 51.4 Å². The Balaban J connectivity index is 4.26. The number of ether oxygens (including phenoxy) is 3. The lowest BCUT2D eigenvalue weighted by Gasteiger charge is -2.18. The number of hydrogen-bond acceptors (Lipinski definition) is 6. The van der Waals surface area contributed by atoms with Crippen LogP contribution in [0.15, 0.2) is 36.5 Å². The molecule has 0 N–H and O–H groups in total. The Bertz CT molecular complexity index is 1060. The molecule has 0 spiro atoms. The Kier molecular flexibility index (Phi) is 50.3. The van der Waals surface area contributed by atoms with Gasteiger partial charge >= 0.3 is 17.9 Å². The number of carbonyl (C=O) groups is 3. The molecule has 0 aromatic carbocycles. The summed E-state index contributed by atoms with van der Waals surface area (Å²) in [4.78, 5) is 38.0. The molecule has 0 saturated heterocycles. The van der Waals surface area contributed by atoms with E-state index in [0.29, 0.717) is 19.3 Å². The molecule has 0 aliphatic heterocycles. The van der Waals surface area contributed by atoms with Crippen molar-refractivity contribution in [3.8, 4) is 0 Å². The van der Waals surface area contributed by atoms with E-state index in [1.165, 1.54) is 167 Å². The quantitative estimate of drug-likeness (QED) is 0.0262. The number of esters is 3. The van der Waals surface area contributed by atoms with Gasteiger partial charge in [-0.1, -0.05) is 256 Å². The Morgan fingerprint density at radius 1 is 0.333 bits per heavy atom. The van der Waals surface area contributed by atoms with E-state index in [1.54, 1.807) is 0 Å². The molecular weight excluding hydrogens is 781 g/mol. The van der Waals surface area contributed by atoms with E-state index in [-0.39, 0.29) is 31.1 Å². The summed E-state index contributed by atoms with van der Waals surface area (Å²) in [5.74, 6) is -0.896. The third-order valence-electron chi connectivity index (χ3n) is 12.2. The molecule has 0 aliphatic carbocycles. The maximum Gasteiger partial charge on any atom is 0.306 e. The van der Waals surface area contributed by atoms with Crippen molar-refractivity contribution in [3.05, 3.63) is 36.5 Å². The zero-order valence-electron chi connectivity index (χ0n) is 42.1. The van der Waals surface area contributed by atoms with Crippen LogP contribution in [0.3, 0.4) is 0 Å². The SMILES string of the molecule is CC/C=C\C/C=C\C/C=C\CCCCCC(=O)OC(COC(=O)CCCCCCCCCCCCC)COC(=O)CCCCCCCCCCCCCCCCCCCCCCC. The van der Waals surface area contributed by atoms with Crippen LogP contribution < -0.4 is 0 Å². The summed E-state index contributed by atoms with van der Waals surface area (Å²) in [5, 5.41) is 0. The highest BCUT2D eigenvalue weighted by atomic mass is 16.6. The van der Waals surface area contributed by atoms with Crippen molar-refractivity contribution in [2.75, 3.05) is 13.2 Å². The van der Waals surface area contributed by atoms with E-state index in [4.69, 9.17) is 14.2 Å². The molecular formula is C57H104O6. The number of carbonyl (C=O) groups excluding carboxylic acids is 3. The topological polar surface area (TPSA) is 78.9 Å². The molecule has 0 bridgehead atoms. The fraction of sp³-hybridized carbons (Fsp3) is 0.842. The van der Waals surface area contributed by atoms with Crippen LogP contribution in [0.5, 0.6) is 0 Å². The first-order valence-corrected chi connectivity index (χ1v) is 27.5. The average molecular weight is 885 g/mol. The molecule has 6 nitrogen and oxygen atoms in total. The summed E-state index contributed by atoms with van der Waals surface area (Å²) in [7, 11) is 0. The minimum absolute atomic E-state index is 0.0797. The molecule has 0 amide bonds. The van der Waals surface area contributed by atoms with Crippen LogP contribution in [0, 0.1) is 0 Å². The molecule has 0 heterocycles. The van der Waals surface area contributed by atoms with Crippen molar-refractivity contribution in [2.45, 2.75) is 297 Å². The predicted octanol–water partition coefficient (Wildman–Crippen LogP) is 18.1. The zero-order valence-corrected chi connectivity index (χ0v) is 42.1. The van der Waals surface area contributed by atoms with Gasteiger partial charge in [-0.3, -0.25) is 14.4 Å². The van der Waals surface area contributed by atoms with Gasteiger partial charge in [0.1, 0.15) is 13.2 Å². The van der Waals surface area contributed by atoms with Crippen LogP contribution in [0.25, 0.3) is 0 Å². The van der Waals surface area contributed by atoms with Crippen LogP contribution in [-0.2, 0) is 28.6 Å². The van der Waals surface area contributed by atoms with Gasteiger partial charge in [-0.15, -0.1) is 0 Å². The zero-order chi connectivity index (χ0) is 45.8. The highest BCUT2D eigenvalue weighted by Gasteiger charge is 2.19. The van der Waals surface area contributed by atoms with Gasteiger partial charge in [-0.2, -0.15) is 0 Å². The number of unbranched alkanes of at least 4 members (excludes halogenated alkanes) is 33. The molecule has 0 rings (SSSR count). The molecule has 368 valence electrons. The summed E-state index contributed by atoms with van der Waals surface area (Å²) < 4.78 is 16.8. The van der Waals surface area contributed by atoms with E-state index in [9.17, 15) is 14.4 Å². The smallest absolute Gasteiger partial charge is 0.306 e. The molecule has 6 heteroatoms. The fourth-order valence-corrected chi connectivity index (χ4v) is 8.05. The minimum atomic E-state index is -0.782. The third-order valence-corrected chi connectivity index (χ3v) is 12.2. The fourth-order valence-electron chi connectivity index (χ4n) is 8.05. The summed E-state index contributed by atoms with van der Waals surface area (Å²) in [6, 6.07) is 0. The molecule has 0 saturated carbocycles. The van der Waals surface area contributed by atoms with E-state index >= 15 is 0 Å². The van der Waals surface area contributed by atoms with Crippen molar-refractivity contribution in [1.82, 2.24) is 0 Å². The molecule has 0 aromatic heterocycles. The third kappa shape index (κ3) is 50.5. The van der Waals surface area contributed by atoms with E-state index in [1.807, 2.05) is 0 Å². The van der Waals surface area contributed by atoms with Gasteiger partial charge in [0.15, 0.2) is 6.10 Å². The van der Waals surface area contributed by atoms with E-state index < -0.39 is 6.10 Å². The Morgan fingerprint density at radius 3 is 0.968 bits per heavy atom. The van der Waals surface area contributed by atoms with Crippen molar-refractivity contribution in [2.24, 2.45) is 0 Å². The maximum absolute atomic E-state index is 12.8. The van der Waals surface area contributed by atoms with Crippen LogP contribution in [0.1, 0.15) is 290 Å². The van der Waals surface area contributed by atoms with Gasteiger partial charge in [0.2, 0.25) is 0 Å². The van der Waals surface area contributed by atoms with E-state index in [2.05, 4.69) is 57.2 Å². The standard InChI is InChI=1S/C57H104O6/c1-4-7-10-13-16-19-22-24-25-26-27-28-29-30-31-33-35-38-41-44-47-50-56(59)62-53-54(52-61-55(58)49-46-43-40-37-34-21-18-15-12-9-6-3)63-57(60)51-48-45-42-39-36-32-23-20-17-14-11-8-5-2/h8,11,17,20,32,36,54H,4-7,9-10,12-16,18-19,21-31,33-35,37-53H2,1-3H3/b11-8-,20-17-,36-32-. The molecule has 63 heavy (non-hydrogen) atoms. The lowest BCUT2D eigenvalue weighted by molar-refractivity contribution is -0.167. The first-order chi connectivity index (χ1) is 31.0. The van der Waals surface area contributed by atoms with Gasteiger partial charge in [0, 0.05) is 19.3 Å². The van der Waals surface area contributed by atoms with Gasteiger partial charge < -0.3 is 14.2 Å². The predicted molar refractivity (Wildman–Crippen MR) is 270 cm³/mol. The first-order valence-electron chi connectivity index (χ1n) is 27.5. The molecule has 0 aromatic rings. The largest absolute Gasteiger partial charge is 0.462 e. The number of hydrogen-bond donors (Lipinski definition) is 0. The summed E-state index contributed by atoms with van der Waals surface area (Å²) in [6.45, 7) is 6.53. The Labute approximate surface area is 391 Å². The number of rotatable bonds is 50. The van der Waals surface area contributed by atoms with Crippen molar-refractivity contribution in [1.29, 1.82) is 0 Å². The second kappa shape index (κ2) is 52.3. The lowest BCUT2D eigenvalue weighted by atomic mass is 10.0. The van der Waals surface area contributed by atoms with Crippen molar-refractivity contribution < 1.29 is 28.6 Å². The Hall–Kier alpha value is -2.37. The monoisotopic (exact) mass is 885 g/mol. The maximum atomic E-state index is 12.8. The second-order valence-electron chi connectivity index (χ2n) is 18.5. The van der Waals surface area contributed by atoms with E-state index in [0.717, 1.165) is 83.5 Å². The van der Waals surface area contributed by atoms with Crippen LogP contribution in [0.2, 0.25) is 0 Å². The summed E-state index contributed by atoms with van der Waals surface area (Å²) in [6.07, 6.45) is 61.4. The summed E-state index contributed by atoms with van der Waals surface area (Å²) >= 11 is 0. The average Bonchev–Trinajstić information content (AvgIpc) is 3.28.